The number of benzene rings is 2. The Morgan fingerprint density at radius 3 is 2.16 bits per heavy atom. The molecule has 0 saturated heterocycles. The molecule has 0 heterocycles. The average Bonchev–Trinajstić information content (AvgIpc) is 2.54. The summed E-state index contributed by atoms with van der Waals surface area (Å²) in [6.45, 7) is 5.93. The van der Waals surface area contributed by atoms with Gasteiger partial charge in [-0.3, -0.25) is 25.7 Å². The van der Waals surface area contributed by atoms with Crippen molar-refractivity contribution in [3.05, 3.63) is 74.3 Å². The van der Waals surface area contributed by atoms with Crippen molar-refractivity contribution in [2.24, 2.45) is 10.5 Å². The van der Waals surface area contributed by atoms with E-state index in [1.165, 1.54) is 12.1 Å². The number of anilines is 1. The highest BCUT2D eigenvalue weighted by Crippen LogP contribution is 2.30. The fraction of sp³-hybridized carbons (Fsp3) is 0.235. The number of nitrogens with zero attached hydrogens (tertiary/aromatic N) is 3. The lowest BCUT2D eigenvalue weighted by Gasteiger charge is -2.21. The molecule has 8 heteroatoms. The highest BCUT2D eigenvalue weighted by atomic mass is 16.6. The Labute approximate surface area is 144 Å². The Balaban J connectivity index is 2.44. The second-order valence-corrected chi connectivity index (χ2v) is 6.40. The summed E-state index contributed by atoms with van der Waals surface area (Å²) in [6, 6.07) is 12.8. The first-order chi connectivity index (χ1) is 11.7. The van der Waals surface area contributed by atoms with Crippen LogP contribution in [0.1, 0.15) is 26.3 Å². The smallest absolute Gasteiger partial charge is 0.271 e. The first kappa shape index (κ1) is 18.1. The van der Waals surface area contributed by atoms with E-state index in [4.69, 9.17) is 0 Å². The van der Waals surface area contributed by atoms with Crippen LogP contribution in [0, 0.1) is 25.6 Å². The number of nitrogens with one attached hydrogen (secondary N) is 1. The third-order valence-corrected chi connectivity index (χ3v) is 3.43. The Hall–Kier alpha value is -3.29. The summed E-state index contributed by atoms with van der Waals surface area (Å²) in [5, 5.41) is 26.4. The number of hydrogen-bond acceptors (Lipinski definition) is 6. The monoisotopic (exact) mass is 342 g/mol. The first-order valence-corrected chi connectivity index (χ1v) is 7.52. The molecular formula is C17H18N4O4. The minimum atomic E-state index is -0.676. The molecule has 0 aliphatic heterocycles. The molecule has 1 N–H and O–H groups in total. The van der Waals surface area contributed by atoms with Crippen molar-refractivity contribution in [2.75, 3.05) is 5.43 Å². The van der Waals surface area contributed by atoms with Crippen molar-refractivity contribution in [1.29, 1.82) is 0 Å². The summed E-state index contributed by atoms with van der Waals surface area (Å²) >= 11 is 0. The third kappa shape index (κ3) is 4.37. The van der Waals surface area contributed by atoms with Gasteiger partial charge in [0.25, 0.3) is 5.69 Å². The molecule has 0 bridgehead atoms. The van der Waals surface area contributed by atoms with Gasteiger partial charge in [0, 0.05) is 11.5 Å². The van der Waals surface area contributed by atoms with Crippen LogP contribution in [0.15, 0.2) is 53.6 Å². The van der Waals surface area contributed by atoms with Crippen LogP contribution in [0.5, 0.6) is 0 Å². The topological polar surface area (TPSA) is 111 Å². The van der Waals surface area contributed by atoms with Crippen LogP contribution in [-0.2, 0) is 0 Å². The zero-order valence-corrected chi connectivity index (χ0v) is 14.1. The van der Waals surface area contributed by atoms with E-state index in [2.05, 4.69) is 10.5 Å². The number of hydrazone groups is 1. The van der Waals surface area contributed by atoms with Gasteiger partial charge in [-0.1, -0.05) is 51.1 Å². The molecule has 0 spiro atoms. The lowest BCUT2D eigenvalue weighted by atomic mass is 9.86. The van der Waals surface area contributed by atoms with Gasteiger partial charge in [-0.05, 0) is 11.6 Å². The Kier molecular flexibility index (Phi) is 5.11. The van der Waals surface area contributed by atoms with Crippen molar-refractivity contribution in [3.63, 3.8) is 0 Å². The van der Waals surface area contributed by atoms with Crippen molar-refractivity contribution < 1.29 is 9.85 Å². The largest absolute Gasteiger partial charge is 0.301 e. The lowest BCUT2D eigenvalue weighted by molar-refractivity contribution is -0.393. The summed E-state index contributed by atoms with van der Waals surface area (Å²) in [5.41, 5.74) is 3.31. The number of nitro groups is 2. The van der Waals surface area contributed by atoms with Crippen molar-refractivity contribution >= 4 is 22.8 Å². The molecule has 0 unspecified atom stereocenters. The van der Waals surface area contributed by atoms with Gasteiger partial charge >= 0.3 is 5.69 Å². The molecule has 0 fully saturated rings. The maximum atomic E-state index is 11.2. The van der Waals surface area contributed by atoms with Crippen LogP contribution >= 0.6 is 0 Å². The minimum absolute atomic E-state index is 0.0910. The van der Waals surface area contributed by atoms with E-state index in [0.29, 0.717) is 5.71 Å². The Morgan fingerprint density at radius 2 is 1.64 bits per heavy atom. The van der Waals surface area contributed by atoms with Gasteiger partial charge in [0.1, 0.15) is 5.69 Å². The maximum Gasteiger partial charge on any atom is 0.301 e. The van der Waals surface area contributed by atoms with Crippen LogP contribution in [0.2, 0.25) is 0 Å². The molecule has 2 aromatic rings. The van der Waals surface area contributed by atoms with Crippen LogP contribution in [0.25, 0.3) is 0 Å². The van der Waals surface area contributed by atoms with Crippen molar-refractivity contribution in [1.82, 2.24) is 0 Å². The van der Waals surface area contributed by atoms with E-state index < -0.39 is 15.5 Å². The van der Waals surface area contributed by atoms with E-state index in [0.717, 1.165) is 11.6 Å². The van der Waals surface area contributed by atoms with Crippen LogP contribution in [-0.4, -0.2) is 15.6 Å². The average molecular weight is 342 g/mol. The Morgan fingerprint density at radius 1 is 1.00 bits per heavy atom. The van der Waals surface area contributed by atoms with Crippen molar-refractivity contribution in [2.45, 2.75) is 20.8 Å². The number of hydrogen-bond donors (Lipinski definition) is 1. The molecule has 2 aromatic carbocycles. The quantitative estimate of drug-likeness (QED) is 0.493. The molecule has 130 valence electrons. The molecular weight excluding hydrogens is 324 g/mol. The summed E-state index contributed by atoms with van der Waals surface area (Å²) in [7, 11) is 0. The van der Waals surface area contributed by atoms with Crippen LogP contribution in [0.4, 0.5) is 17.1 Å². The van der Waals surface area contributed by atoms with Crippen LogP contribution < -0.4 is 5.43 Å². The summed E-state index contributed by atoms with van der Waals surface area (Å²) < 4.78 is 0. The maximum absolute atomic E-state index is 11.2. The molecule has 0 atom stereocenters. The van der Waals surface area contributed by atoms with Gasteiger partial charge < -0.3 is 0 Å². The van der Waals surface area contributed by atoms with E-state index in [-0.39, 0.29) is 16.8 Å². The minimum Gasteiger partial charge on any atom is -0.271 e. The molecule has 0 aromatic heterocycles. The van der Waals surface area contributed by atoms with Gasteiger partial charge in [0.05, 0.1) is 21.6 Å². The van der Waals surface area contributed by atoms with Gasteiger partial charge in [0.2, 0.25) is 0 Å². The second-order valence-electron chi connectivity index (χ2n) is 6.40. The first-order valence-electron chi connectivity index (χ1n) is 7.52. The molecule has 25 heavy (non-hydrogen) atoms. The van der Waals surface area contributed by atoms with Gasteiger partial charge in [-0.15, -0.1) is 0 Å². The zero-order chi connectivity index (χ0) is 18.6. The number of nitro benzene ring substituents is 2. The molecule has 0 radical (unpaired) electrons. The molecule has 0 amide bonds. The number of rotatable bonds is 5. The molecule has 0 aliphatic carbocycles. The van der Waals surface area contributed by atoms with Crippen LogP contribution in [0.3, 0.4) is 0 Å². The zero-order valence-electron chi connectivity index (χ0n) is 14.1. The molecule has 8 nitrogen and oxygen atoms in total. The van der Waals surface area contributed by atoms with Gasteiger partial charge in [-0.25, -0.2) is 0 Å². The van der Waals surface area contributed by atoms with E-state index >= 15 is 0 Å². The fourth-order valence-electron chi connectivity index (χ4n) is 2.26. The van der Waals surface area contributed by atoms with Crippen molar-refractivity contribution in [3.8, 4) is 0 Å². The van der Waals surface area contributed by atoms with E-state index in [1.807, 2.05) is 51.1 Å². The lowest BCUT2D eigenvalue weighted by Crippen LogP contribution is -2.22. The van der Waals surface area contributed by atoms with Gasteiger partial charge in [0.15, 0.2) is 0 Å². The molecule has 0 aliphatic rings. The molecule has 2 rings (SSSR count). The standard InChI is InChI=1S/C17H18N4O4/c1-17(2,3)16(12-7-5-4-6-8-12)19-18-14-10-9-13(20(22)23)11-15(14)21(24)25/h4-11,18H,1-3H3/b19-16-. The van der Waals surface area contributed by atoms with E-state index in [1.54, 1.807) is 0 Å². The normalized spacial score (nSPS) is 11.9. The summed E-state index contributed by atoms with van der Waals surface area (Å²) in [6.07, 6.45) is 0. The summed E-state index contributed by atoms with van der Waals surface area (Å²) in [5.74, 6) is 0. The van der Waals surface area contributed by atoms with E-state index in [9.17, 15) is 20.2 Å². The predicted octanol–water partition coefficient (Wildman–Crippen LogP) is 4.37. The Bertz CT molecular complexity index is 826. The second kappa shape index (κ2) is 7.08. The number of non-ortho nitro benzene ring substituents is 1. The SMILES string of the molecule is CC(C)(C)/C(=N\Nc1ccc([N+](=O)[O-])cc1[N+](=O)[O-])c1ccccc1. The third-order valence-electron chi connectivity index (χ3n) is 3.43. The summed E-state index contributed by atoms with van der Waals surface area (Å²) in [4.78, 5) is 20.7. The fourth-order valence-corrected chi connectivity index (χ4v) is 2.26. The molecule has 0 saturated carbocycles. The highest BCUT2D eigenvalue weighted by Gasteiger charge is 2.23. The van der Waals surface area contributed by atoms with Gasteiger partial charge in [-0.2, -0.15) is 5.10 Å². The predicted molar refractivity (Wildman–Crippen MR) is 95.8 cm³/mol. The highest BCUT2D eigenvalue weighted by molar-refractivity contribution is 6.04.